The lowest BCUT2D eigenvalue weighted by Gasteiger charge is -2.33. The smallest absolute Gasteiger partial charge is 0.227 e. The fraction of sp³-hybridized carbons (Fsp3) is 0.375. The summed E-state index contributed by atoms with van der Waals surface area (Å²) in [5, 5.41) is 0.776. The van der Waals surface area contributed by atoms with Crippen molar-refractivity contribution in [3.8, 4) is 11.4 Å². The van der Waals surface area contributed by atoms with Crippen molar-refractivity contribution in [2.45, 2.75) is 32.4 Å². The summed E-state index contributed by atoms with van der Waals surface area (Å²) < 4.78 is 22.7. The van der Waals surface area contributed by atoms with E-state index < -0.39 is 11.9 Å². The maximum absolute atomic E-state index is 15.1. The number of aromatic nitrogens is 2. The number of hydrogen-bond acceptors (Lipinski definition) is 4. The van der Waals surface area contributed by atoms with E-state index in [1.165, 1.54) is 13.0 Å². The van der Waals surface area contributed by atoms with E-state index in [0.29, 0.717) is 55.3 Å². The summed E-state index contributed by atoms with van der Waals surface area (Å²) in [4.78, 5) is 32.1. The molecule has 7 nitrogen and oxygen atoms in total. The molecule has 2 saturated heterocycles. The van der Waals surface area contributed by atoms with Crippen LogP contribution < -0.4 is 4.90 Å². The summed E-state index contributed by atoms with van der Waals surface area (Å²) in [5.41, 5.74) is 1.60. The Kier molecular flexibility index (Phi) is 6.65. The fourth-order valence-electron chi connectivity index (χ4n) is 4.72. The Morgan fingerprint density at radius 2 is 1.91 bits per heavy atom. The van der Waals surface area contributed by atoms with Crippen LogP contribution >= 0.6 is 34.8 Å². The lowest BCUT2D eigenvalue weighted by molar-refractivity contribution is -0.136. The molecular formula is C24H22Cl3FN4O3. The van der Waals surface area contributed by atoms with Gasteiger partial charge < -0.3 is 19.1 Å². The first-order valence-corrected chi connectivity index (χ1v) is 12.4. The van der Waals surface area contributed by atoms with Gasteiger partial charge in [-0.1, -0.05) is 34.8 Å². The molecule has 2 fully saturated rings. The van der Waals surface area contributed by atoms with Crippen molar-refractivity contribution >= 4 is 63.3 Å². The minimum Gasteiger partial charge on any atom is -0.373 e. The SMILES string of the molecule is CC(=O)N1CCO[C@@H](Cn2c(-c3c(Cl)cc(N4CCCC4=O)cc3Cl)nc3cc(Cl)cc(F)c32)C1. The van der Waals surface area contributed by atoms with E-state index in [2.05, 4.69) is 4.98 Å². The molecule has 0 bridgehead atoms. The standard InChI is InChI=1S/C24H22Cl3FN4O3/c1-13(33)30-5-6-35-16(11-30)12-32-23-19(28)7-14(25)8-20(23)29-24(32)22-17(26)9-15(10-18(22)27)31-4-2-3-21(31)34/h7-10,16H,2-6,11-12H2,1H3/t16-/m1/s1. The Morgan fingerprint density at radius 1 is 1.17 bits per heavy atom. The van der Waals surface area contributed by atoms with E-state index in [1.54, 1.807) is 32.6 Å². The highest BCUT2D eigenvalue weighted by molar-refractivity contribution is 6.39. The maximum Gasteiger partial charge on any atom is 0.227 e. The number of ether oxygens (including phenoxy) is 1. The van der Waals surface area contributed by atoms with E-state index in [1.807, 2.05) is 0 Å². The number of hydrogen-bond donors (Lipinski definition) is 0. The first-order chi connectivity index (χ1) is 16.7. The molecule has 2 aromatic carbocycles. The normalized spacial score (nSPS) is 18.7. The number of amides is 2. The van der Waals surface area contributed by atoms with Crippen molar-refractivity contribution in [1.29, 1.82) is 0 Å². The topological polar surface area (TPSA) is 67.7 Å². The minimum absolute atomic E-state index is 0.0123. The van der Waals surface area contributed by atoms with E-state index in [9.17, 15) is 9.59 Å². The van der Waals surface area contributed by atoms with Gasteiger partial charge in [-0.15, -0.1) is 0 Å². The molecular weight excluding hydrogens is 518 g/mol. The molecule has 0 unspecified atom stereocenters. The molecule has 2 aliphatic heterocycles. The van der Waals surface area contributed by atoms with Gasteiger partial charge in [0.05, 0.1) is 40.4 Å². The molecule has 11 heteroatoms. The van der Waals surface area contributed by atoms with Crippen LogP contribution in [-0.4, -0.2) is 58.6 Å². The Balaban J connectivity index is 1.62. The molecule has 2 amide bonds. The zero-order valence-corrected chi connectivity index (χ0v) is 21.1. The maximum atomic E-state index is 15.1. The number of benzene rings is 2. The quantitative estimate of drug-likeness (QED) is 0.458. The lowest BCUT2D eigenvalue weighted by Crippen LogP contribution is -2.46. The molecule has 0 radical (unpaired) electrons. The van der Waals surface area contributed by atoms with Gasteiger partial charge in [0.25, 0.3) is 0 Å². The van der Waals surface area contributed by atoms with Crippen molar-refractivity contribution in [2.24, 2.45) is 0 Å². The molecule has 3 heterocycles. The van der Waals surface area contributed by atoms with Crippen LogP contribution in [0.2, 0.25) is 15.1 Å². The molecule has 0 aliphatic carbocycles. The van der Waals surface area contributed by atoms with Crippen LogP contribution in [0.1, 0.15) is 19.8 Å². The Morgan fingerprint density at radius 3 is 2.57 bits per heavy atom. The Labute approximate surface area is 216 Å². The van der Waals surface area contributed by atoms with Crippen LogP contribution in [0.25, 0.3) is 22.4 Å². The van der Waals surface area contributed by atoms with Crippen LogP contribution in [0.5, 0.6) is 0 Å². The second kappa shape index (κ2) is 9.58. The summed E-state index contributed by atoms with van der Waals surface area (Å²) in [7, 11) is 0. The molecule has 0 saturated carbocycles. The summed E-state index contributed by atoms with van der Waals surface area (Å²) in [6.07, 6.45) is 0.855. The molecule has 0 spiro atoms. The number of morpholine rings is 1. The van der Waals surface area contributed by atoms with E-state index in [4.69, 9.17) is 39.5 Å². The lowest BCUT2D eigenvalue weighted by atomic mass is 10.1. The summed E-state index contributed by atoms with van der Waals surface area (Å²) in [6.45, 7) is 3.56. The third-order valence-electron chi connectivity index (χ3n) is 6.37. The number of rotatable bonds is 4. The van der Waals surface area contributed by atoms with Gasteiger partial charge in [0, 0.05) is 43.7 Å². The summed E-state index contributed by atoms with van der Waals surface area (Å²) in [6, 6.07) is 6.14. The first kappa shape index (κ1) is 24.3. The van der Waals surface area contributed by atoms with Gasteiger partial charge in [-0.05, 0) is 30.7 Å². The number of halogens is 4. The van der Waals surface area contributed by atoms with E-state index in [-0.39, 0.29) is 38.9 Å². The predicted octanol–water partition coefficient (Wildman–Crippen LogP) is 5.18. The van der Waals surface area contributed by atoms with Crippen LogP contribution in [0, 0.1) is 5.82 Å². The Bertz CT molecular complexity index is 1320. The number of anilines is 1. The average molecular weight is 540 g/mol. The molecule has 5 rings (SSSR count). The average Bonchev–Trinajstić information content (AvgIpc) is 3.37. The number of fused-ring (bicyclic) bond motifs is 1. The van der Waals surface area contributed by atoms with Gasteiger partial charge in [-0.2, -0.15) is 0 Å². The molecule has 184 valence electrons. The van der Waals surface area contributed by atoms with Crippen LogP contribution in [0.4, 0.5) is 10.1 Å². The highest BCUT2D eigenvalue weighted by Crippen LogP contribution is 2.41. The van der Waals surface area contributed by atoms with Crippen LogP contribution in [-0.2, 0) is 20.9 Å². The fourth-order valence-corrected chi connectivity index (χ4v) is 5.57. The van der Waals surface area contributed by atoms with Crippen molar-refractivity contribution in [3.05, 3.63) is 45.2 Å². The summed E-state index contributed by atoms with van der Waals surface area (Å²) >= 11 is 19.5. The van der Waals surface area contributed by atoms with Crippen molar-refractivity contribution < 1.29 is 18.7 Å². The largest absolute Gasteiger partial charge is 0.373 e. The number of nitrogens with zero attached hydrogens (tertiary/aromatic N) is 4. The molecule has 0 N–H and O–H groups in total. The third kappa shape index (κ3) is 4.60. The predicted molar refractivity (Wildman–Crippen MR) is 134 cm³/mol. The minimum atomic E-state index is -0.544. The van der Waals surface area contributed by atoms with Crippen LogP contribution in [0.15, 0.2) is 24.3 Å². The van der Waals surface area contributed by atoms with Gasteiger partial charge in [0.2, 0.25) is 11.8 Å². The number of carbonyl (C=O) groups excluding carboxylic acids is 2. The Hall–Kier alpha value is -2.39. The second-order valence-corrected chi connectivity index (χ2v) is 9.94. The monoisotopic (exact) mass is 538 g/mol. The van der Waals surface area contributed by atoms with Crippen LogP contribution in [0.3, 0.4) is 0 Å². The molecule has 35 heavy (non-hydrogen) atoms. The number of carbonyl (C=O) groups is 2. The molecule has 1 atom stereocenters. The van der Waals surface area contributed by atoms with Gasteiger partial charge in [0.15, 0.2) is 5.82 Å². The highest BCUT2D eigenvalue weighted by Gasteiger charge is 2.29. The van der Waals surface area contributed by atoms with E-state index in [0.717, 1.165) is 6.42 Å². The summed E-state index contributed by atoms with van der Waals surface area (Å²) in [5.74, 6) is -0.237. The molecule has 1 aromatic heterocycles. The zero-order chi connectivity index (χ0) is 24.9. The van der Waals surface area contributed by atoms with Gasteiger partial charge >= 0.3 is 0 Å². The van der Waals surface area contributed by atoms with Gasteiger partial charge in [-0.25, -0.2) is 9.37 Å². The molecule has 2 aliphatic rings. The van der Waals surface area contributed by atoms with Crippen molar-refractivity contribution in [3.63, 3.8) is 0 Å². The van der Waals surface area contributed by atoms with Crippen molar-refractivity contribution in [1.82, 2.24) is 14.5 Å². The van der Waals surface area contributed by atoms with Crippen molar-refractivity contribution in [2.75, 3.05) is 31.1 Å². The van der Waals surface area contributed by atoms with Gasteiger partial charge in [0.1, 0.15) is 11.3 Å². The first-order valence-electron chi connectivity index (χ1n) is 11.2. The van der Waals surface area contributed by atoms with Gasteiger partial charge in [-0.3, -0.25) is 9.59 Å². The van der Waals surface area contributed by atoms with E-state index >= 15 is 4.39 Å². The second-order valence-electron chi connectivity index (χ2n) is 8.69. The zero-order valence-electron chi connectivity index (χ0n) is 18.9. The molecule has 3 aromatic rings. The highest BCUT2D eigenvalue weighted by atomic mass is 35.5. The number of imidazole rings is 1. The third-order valence-corrected chi connectivity index (χ3v) is 7.18.